The zero-order chi connectivity index (χ0) is 14.0. The molecule has 0 saturated carbocycles. The van der Waals surface area contributed by atoms with Gasteiger partial charge in [-0.15, -0.1) is 0 Å². The Morgan fingerprint density at radius 1 is 1.50 bits per heavy atom. The number of carbonyl (C=O) groups is 1. The first kappa shape index (κ1) is 17.2. The molecule has 0 amide bonds. The quantitative estimate of drug-likeness (QED) is 0.252. The number of hydrogen-bond acceptors (Lipinski definition) is 5. The van der Waals surface area contributed by atoms with E-state index < -0.39 is 0 Å². The number of nitrogens with zero attached hydrogens (tertiary/aromatic N) is 2. The molecule has 0 aromatic carbocycles. The van der Waals surface area contributed by atoms with Crippen LogP contribution in [-0.4, -0.2) is 49.2 Å². The van der Waals surface area contributed by atoms with Gasteiger partial charge in [-0.05, 0) is 26.6 Å². The highest BCUT2D eigenvalue weighted by molar-refractivity contribution is 7.96. The Balaban J connectivity index is 4.11. The van der Waals surface area contributed by atoms with Crippen LogP contribution in [0.1, 0.15) is 27.2 Å². The van der Waals surface area contributed by atoms with E-state index in [1.54, 1.807) is 25.8 Å². The van der Waals surface area contributed by atoms with Gasteiger partial charge in [0.25, 0.3) is 6.02 Å². The Kier molecular flexibility index (Phi) is 9.77. The summed E-state index contributed by atoms with van der Waals surface area (Å²) in [6.45, 7) is 7.86. The predicted octanol–water partition coefficient (Wildman–Crippen LogP) is 1.75. The molecule has 6 heteroatoms. The van der Waals surface area contributed by atoms with Gasteiger partial charge in [0.15, 0.2) is 0 Å². The largest absolute Gasteiger partial charge is 0.393 e. The fourth-order valence-corrected chi connectivity index (χ4v) is 1.37. The average molecular weight is 275 g/mol. The Bertz CT molecular complexity index is 270. The maximum atomic E-state index is 11.5. The molecule has 5 nitrogen and oxygen atoms in total. The molecule has 0 rings (SSSR count). The molecule has 106 valence electrons. The monoisotopic (exact) mass is 275 g/mol. The van der Waals surface area contributed by atoms with Crippen molar-refractivity contribution in [3.05, 3.63) is 0 Å². The molecule has 0 aromatic heterocycles. The molecule has 0 spiro atoms. The summed E-state index contributed by atoms with van der Waals surface area (Å²) in [6.07, 6.45) is 2.98. The Morgan fingerprint density at radius 2 is 2.17 bits per heavy atom. The molecule has 0 saturated heterocycles. The molecule has 0 bridgehead atoms. The summed E-state index contributed by atoms with van der Waals surface area (Å²) in [7, 11) is 2.04. The van der Waals surface area contributed by atoms with Crippen LogP contribution in [0.2, 0.25) is 0 Å². The first-order chi connectivity index (χ1) is 8.51. The highest BCUT2D eigenvalue weighted by Gasteiger charge is 2.11. The summed E-state index contributed by atoms with van der Waals surface area (Å²) in [5, 5.41) is 2.96. The molecule has 1 N–H and O–H groups in total. The van der Waals surface area contributed by atoms with Crippen LogP contribution in [0.4, 0.5) is 0 Å². The summed E-state index contributed by atoms with van der Waals surface area (Å²) >= 11 is 1.69. The summed E-state index contributed by atoms with van der Waals surface area (Å²) < 4.78 is 7.31. The minimum Gasteiger partial charge on any atom is -0.393 e. The minimum absolute atomic E-state index is 0.142. The molecule has 0 aliphatic carbocycles. The molecule has 0 aliphatic rings. The van der Waals surface area contributed by atoms with Crippen molar-refractivity contribution >= 4 is 23.9 Å². The molecule has 0 aromatic rings. The normalized spacial score (nSPS) is 12.1. The van der Waals surface area contributed by atoms with E-state index in [1.807, 2.05) is 20.2 Å². The number of amidine groups is 1. The second-order valence-electron chi connectivity index (χ2n) is 4.18. The number of ether oxygens (including phenoxy) is 1. The van der Waals surface area contributed by atoms with Gasteiger partial charge < -0.3 is 10.1 Å². The number of rotatable bonds is 7. The van der Waals surface area contributed by atoms with Gasteiger partial charge in [-0.3, -0.25) is 9.10 Å². The number of esters is 1. The van der Waals surface area contributed by atoms with Crippen molar-refractivity contribution in [3.63, 3.8) is 0 Å². The Morgan fingerprint density at radius 3 is 2.67 bits per heavy atom. The number of carbonyl (C=O) groups excluding carboxylic acids is 1. The van der Waals surface area contributed by atoms with Crippen molar-refractivity contribution in [2.75, 3.05) is 32.9 Å². The van der Waals surface area contributed by atoms with E-state index >= 15 is 0 Å². The fraction of sp³-hybridized carbons (Fsp3) is 0.833. The molecule has 0 fully saturated rings. The van der Waals surface area contributed by atoms with Crippen LogP contribution in [0.5, 0.6) is 0 Å². The fourth-order valence-electron chi connectivity index (χ4n) is 1.05. The van der Waals surface area contributed by atoms with Crippen molar-refractivity contribution in [3.8, 4) is 0 Å². The van der Waals surface area contributed by atoms with Crippen LogP contribution in [-0.2, 0) is 9.53 Å². The topological polar surface area (TPSA) is 53.9 Å². The lowest BCUT2D eigenvalue weighted by Gasteiger charge is -2.12. The lowest BCUT2D eigenvalue weighted by Crippen LogP contribution is -2.30. The Hall–Kier alpha value is -0.750. The van der Waals surface area contributed by atoms with Gasteiger partial charge in [-0.25, -0.2) is 4.99 Å². The molecule has 0 radical (unpaired) electrons. The number of nitrogens with one attached hydrogen (secondary N) is 1. The SMILES string of the molecule is CCN/C(=N/CCCN(C)SC)OC(=O)C(C)C. The summed E-state index contributed by atoms with van der Waals surface area (Å²) in [5.74, 6) is -0.396. The van der Waals surface area contributed by atoms with E-state index in [1.165, 1.54) is 0 Å². The van der Waals surface area contributed by atoms with E-state index in [-0.39, 0.29) is 11.9 Å². The average Bonchev–Trinajstić information content (AvgIpc) is 2.34. The van der Waals surface area contributed by atoms with Crippen LogP contribution in [0, 0.1) is 5.92 Å². The minimum atomic E-state index is -0.254. The zero-order valence-corrected chi connectivity index (χ0v) is 12.8. The van der Waals surface area contributed by atoms with Crippen LogP contribution in [0.3, 0.4) is 0 Å². The van der Waals surface area contributed by atoms with Crippen LogP contribution in [0.25, 0.3) is 0 Å². The van der Waals surface area contributed by atoms with Gasteiger partial charge in [0.2, 0.25) is 0 Å². The third-order valence-corrected chi connectivity index (χ3v) is 3.00. The van der Waals surface area contributed by atoms with E-state index in [9.17, 15) is 4.79 Å². The van der Waals surface area contributed by atoms with Gasteiger partial charge in [-0.1, -0.05) is 25.8 Å². The third kappa shape index (κ3) is 8.36. The van der Waals surface area contributed by atoms with Crippen LogP contribution in [0.15, 0.2) is 4.99 Å². The lowest BCUT2D eigenvalue weighted by molar-refractivity contribution is -0.139. The summed E-state index contributed by atoms with van der Waals surface area (Å²) in [6, 6.07) is 0.336. The van der Waals surface area contributed by atoms with Crippen molar-refractivity contribution < 1.29 is 9.53 Å². The van der Waals surface area contributed by atoms with E-state index in [4.69, 9.17) is 4.74 Å². The Labute approximate surface area is 114 Å². The van der Waals surface area contributed by atoms with E-state index in [0.29, 0.717) is 19.1 Å². The van der Waals surface area contributed by atoms with Crippen LogP contribution < -0.4 is 5.32 Å². The molecule has 0 heterocycles. The summed E-state index contributed by atoms with van der Waals surface area (Å²) in [5.41, 5.74) is 0. The second kappa shape index (κ2) is 10.2. The third-order valence-electron chi connectivity index (χ3n) is 2.19. The van der Waals surface area contributed by atoms with Gasteiger partial charge in [0.05, 0.1) is 5.92 Å². The van der Waals surface area contributed by atoms with Crippen molar-refractivity contribution in [1.29, 1.82) is 0 Å². The number of hydrogen-bond donors (Lipinski definition) is 1. The predicted molar refractivity (Wildman–Crippen MR) is 77.7 cm³/mol. The van der Waals surface area contributed by atoms with Gasteiger partial charge in [0, 0.05) is 19.6 Å². The van der Waals surface area contributed by atoms with Gasteiger partial charge >= 0.3 is 5.97 Å². The second-order valence-corrected chi connectivity index (χ2v) is 5.17. The smallest absolute Gasteiger partial charge is 0.316 e. The van der Waals surface area contributed by atoms with Crippen molar-refractivity contribution in [2.45, 2.75) is 27.2 Å². The van der Waals surface area contributed by atoms with Crippen molar-refractivity contribution in [2.24, 2.45) is 10.9 Å². The van der Waals surface area contributed by atoms with Gasteiger partial charge in [0.1, 0.15) is 0 Å². The first-order valence-corrected chi connectivity index (χ1v) is 7.44. The van der Waals surface area contributed by atoms with Crippen LogP contribution >= 0.6 is 11.9 Å². The van der Waals surface area contributed by atoms with E-state index in [2.05, 4.69) is 14.6 Å². The standard InChI is InChI=1S/C12H25N3O2S/c1-6-13-12(17-11(16)10(2)3)14-8-7-9-15(4)18-5/h10H,6-9H2,1-5H3,(H,13,14). The number of aliphatic imine (C=N–C) groups is 1. The summed E-state index contributed by atoms with van der Waals surface area (Å²) in [4.78, 5) is 15.7. The van der Waals surface area contributed by atoms with Crippen molar-refractivity contribution in [1.82, 2.24) is 9.62 Å². The zero-order valence-electron chi connectivity index (χ0n) is 12.0. The molecule has 18 heavy (non-hydrogen) atoms. The van der Waals surface area contributed by atoms with E-state index in [0.717, 1.165) is 13.0 Å². The highest BCUT2D eigenvalue weighted by Crippen LogP contribution is 2.01. The molecule has 0 atom stereocenters. The maximum absolute atomic E-state index is 11.5. The molecule has 0 aliphatic heterocycles. The maximum Gasteiger partial charge on any atom is 0.316 e. The lowest BCUT2D eigenvalue weighted by atomic mass is 10.2. The first-order valence-electron chi connectivity index (χ1n) is 6.26. The van der Waals surface area contributed by atoms with Gasteiger partial charge in [-0.2, -0.15) is 0 Å². The molecule has 0 unspecified atom stereocenters. The molecular weight excluding hydrogens is 250 g/mol. The highest BCUT2D eigenvalue weighted by atomic mass is 32.2. The molecular formula is C12H25N3O2S.